The van der Waals surface area contributed by atoms with Crippen LogP contribution in [0.15, 0.2) is 0 Å². The van der Waals surface area contributed by atoms with E-state index in [0.717, 1.165) is 0 Å². The lowest BCUT2D eigenvalue weighted by Crippen LogP contribution is -2.33. The van der Waals surface area contributed by atoms with Gasteiger partial charge in [-0.3, -0.25) is 0 Å². The summed E-state index contributed by atoms with van der Waals surface area (Å²) >= 11 is 0. The highest BCUT2D eigenvalue weighted by molar-refractivity contribution is 6.49. The summed E-state index contributed by atoms with van der Waals surface area (Å²) < 4.78 is 8.33. The van der Waals surface area contributed by atoms with Crippen LogP contribution < -0.4 is 5.73 Å². The number of nitrogens with two attached hydrogens (primary N) is 1. The van der Waals surface area contributed by atoms with Crippen molar-refractivity contribution in [3.63, 3.8) is 0 Å². The summed E-state index contributed by atoms with van der Waals surface area (Å²) in [5, 5.41) is 24.7. The molecule has 6 nitrogen and oxygen atoms in total. The van der Waals surface area contributed by atoms with Crippen LogP contribution in [-0.4, -0.2) is 42.9 Å². The minimum absolute atomic E-state index is 0.0912. The first-order chi connectivity index (χ1) is 4.66. The van der Waals surface area contributed by atoms with Crippen LogP contribution in [0.2, 0.25) is 0 Å². The van der Waals surface area contributed by atoms with Gasteiger partial charge in [0.1, 0.15) is 0 Å². The molecule has 0 heterocycles. The lowest BCUT2D eigenvalue weighted by Gasteiger charge is -2.05. The molecule has 0 radical (unpaired) electrons. The maximum atomic E-state index is 8.53. The van der Waals surface area contributed by atoms with Crippen LogP contribution >= 0.6 is 0 Å². The van der Waals surface area contributed by atoms with Crippen LogP contribution in [0, 0.1) is 0 Å². The third kappa shape index (κ3) is 6.02. The molecule has 0 aliphatic carbocycles. The zero-order chi connectivity index (χ0) is 7.98. The van der Waals surface area contributed by atoms with Gasteiger partial charge in [-0.15, -0.1) is 0 Å². The molecular weight excluding hydrogens is 140 g/mol. The van der Waals surface area contributed by atoms with Crippen molar-refractivity contribution in [2.45, 2.75) is 0 Å². The molecule has 0 saturated carbocycles. The van der Waals surface area contributed by atoms with Crippen LogP contribution in [0.3, 0.4) is 0 Å². The van der Waals surface area contributed by atoms with Gasteiger partial charge in [-0.2, -0.15) is 0 Å². The first-order valence-electron chi connectivity index (χ1n) is 2.68. The van der Waals surface area contributed by atoms with Crippen molar-refractivity contribution in [2.24, 2.45) is 5.73 Å². The monoisotopic (exact) mass is 149 g/mol. The normalized spacial score (nSPS) is 9.60. The number of rotatable bonds is 5. The molecule has 0 amide bonds. The molecule has 0 fully saturated rings. The molecule has 0 aromatic rings. The third-order valence-electron chi connectivity index (χ3n) is 0.616. The Labute approximate surface area is 58.9 Å². The topological polar surface area (TPSA) is 105 Å². The molecule has 0 aliphatic rings. The van der Waals surface area contributed by atoms with Crippen LogP contribution in [0.1, 0.15) is 0 Å². The molecule has 10 heavy (non-hydrogen) atoms. The second-order valence-corrected chi connectivity index (χ2v) is 1.43. The van der Waals surface area contributed by atoms with E-state index < -0.39 is 14.6 Å². The van der Waals surface area contributed by atoms with Gasteiger partial charge in [0.05, 0.1) is 0 Å². The molecule has 0 aliphatic heterocycles. The summed E-state index contributed by atoms with van der Waals surface area (Å²) in [4.78, 5) is 0. The fourth-order valence-electron chi connectivity index (χ4n) is 0.312. The van der Waals surface area contributed by atoms with Gasteiger partial charge in [-0.25, -0.2) is 0 Å². The fraction of sp³-hybridized carbons (Fsp3) is 1.00. The summed E-state index contributed by atoms with van der Waals surface area (Å²) in [5.41, 5.74) is 4.99. The minimum atomic E-state index is -2.03. The predicted molar refractivity (Wildman–Crippen MR) is 34.3 cm³/mol. The maximum Gasteiger partial charge on any atom is 0.624 e. The van der Waals surface area contributed by atoms with E-state index in [2.05, 4.69) is 9.23 Å². The van der Waals surface area contributed by atoms with E-state index in [4.69, 9.17) is 20.8 Å². The Balaban J connectivity index is 3.16. The van der Waals surface area contributed by atoms with Crippen molar-refractivity contribution in [3.05, 3.63) is 0 Å². The molecular formula is C2H9B2NO5. The predicted octanol–water partition coefficient (Wildman–Crippen LogP) is -3.07. The molecule has 0 bridgehead atoms. The van der Waals surface area contributed by atoms with Crippen molar-refractivity contribution >= 4 is 14.6 Å². The Hall–Kier alpha value is -0.110. The van der Waals surface area contributed by atoms with E-state index in [1.165, 1.54) is 0 Å². The SMILES string of the molecule is NCCOB(O)OB(O)O. The highest BCUT2D eigenvalue weighted by atomic mass is 16.7. The van der Waals surface area contributed by atoms with E-state index in [0.29, 0.717) is 0 Å². The first-order valence-corrected chi connectivity index (χ1v) is 2.68. The van der Waals surface area contributed by atoms with Crippen molar-refractivity contribution in [3.8, 4) is 0 Å². The number of hydrogen-bond acceptors (Lipinski definition) is 6. The molecule has 0 aromatic carbocycles. The Morgan fingerprint density at radius 2 is 1.90 bits per heavy atom. The lowest BCUT2D eigenvalue weighted by molar-refractivity contribution is 0.164. The van der Waals surface area contributed by atoms with Gasteiger partial charge in [0.2, 0.25) is 0 Å². The van der Waals surface area contributed by atoms with E-state index in [9.17, 15) is 0 Å². The van der Waals surface area contributed by atoms with Gasteiger partial charge in [-0.05, 0) is 0 Å². The molecule has 0 atom stereocenters. The summed E-state index contributed by atoms with van der Waals surface area (Å²) in [7, 11) is -3.67. The smallest absolute Gasteiger partial charge is 0.402 e. The van der Waals surface area contributed by atoms with Crippen molar-refractivity contribution in [2.75, 3.05) is 13.2 Å². The molecule has 0 saturated heterocycles. The van der Waals surface area contributed by atoms with E-state index in [1.54, 1.807) is 0 Å². The highest BCUT2D eigenvalue weighted by Gasteiger charge is 2.22. The standard InChI is InChI=1S/C2H9B2NO5/c5-1-2-9-4(8)10-3(6)7/h6-8H,1-2,5H2. The molecule has 58 valence electrons. The fourth-order valence-corrected chi connectivity index (χ4v) is 0.312. The van der Waals surface area contributed by atoms with Gasteiger partial charge >= 0.3 is 14.6 Å². The molecule has 8 heteroatoms. The number of hydrogen-bond donors (Lipinski definition) is 4. The molecule has 0 unspecified atom stereocenters. The summed E-state index contributed by atoms with van der Waals surface area (Å²) in [6.07, 6.45) is 0. The van der Waals surface area contributed by atoms with Gasteiger partial charge < -0.3 is 30.0 Å². The highest BCUT2D eigenvalue weighted by Crippen LogP contribution is 1.83. The minimum Gasteiger partial charge on any atom is -0.402 e. The van der Waals surface area contributed by atoms with Crippen molar-refractivity contribution in [1.82, 2.24) is 0 Å². The largest absolute Gasteiger partial charge is 0.624 e. The molecule has 0 aromatic heterocycles. The Bertz CT molecular complexity index is 82.0. The lowest BCUT2D eigenvalue weighted by atomic mass is 10.1. The zero-order valence-electron chi connectivity index (χ0n) is 5.30. The van der Waals surface area contributed by atoms with E-state index in [-0.39, 0.29) is 13.2 Å². The summed E-state index contributed by atoms with van der Waals surface area (Å²) in [6, 6.07) is 0. The summed E-state index contributed by atoms with van der Waals surface area (Å²) in [5.74, 6) is 0. The Morgan fingerprint density at radius 1 is 1.30 bits per heavy atom. The average molecular weight is 149 g/mol. The van der Waals surface area contributed by atoms with E-state index in [1.807, 2.05) is 0 Å². The van der Waals surface area contributed by atoms with Crippen molar-refractivity contribution in [1.29, 1.82) is 0 Å². The van der Waals surface area contributed by atoms with Crippen LogP contribution in [0.4, 0.5) is 0 Å². The van der Waals surface area contributed by atoms with Gasteiger partial charge in [0.15, 0.2) is 0 Å². The van der Waals surface area contributed by atoms with Crippen molar-refractivity contribution < 1.29 is 24.3 Å². The van der Waals surface area contributed by atoms with Gasteiger partial charge in [0.25, 0.3) is 0 Å². The average Bonchev–Trinajstić information content (AvgIpc) is 1.82. The van der Waals surface area contributed by atoms with Gasteiger partial charge in [-0.1, -0.05) is 0 Å². The molecule has 0 spiro atoms. The molecule has 5 N–H and O–H groups in total. The third-order valence-corrected chi connectivity index (χ3v) is 0.616. The van der Waals surface area contributed by atoms with Crippen LogP contribution in [-0.2, 0) is 9.23 Å². The first kappa shape index (κ1) is 9.89. The summed E-state index contributed by atoms with van der Waals surface area (Å²) in [6.45, 7) is 0.315. The van der Waals surface area contributed by atoms with Gasteiger partial charge in [0, 0.05) is 13.2 Å². The maximum absolute atomic E-state index is 8.53. The zero-order valence-corrected chi connectivity index (χ0v) is 5.30. The molecule has 0 rings (SSSR count). The quantitative estimate of drug-likeness (QED) is 0.309. The van der Waals surface area contributed by atoms with E-state index >= 15 is 0 Å². The van der Waals surface area contributed by atoms with Crippen LogP contribution in [0.25, 0.3) is 0 Å². The second-order valence-electron chi connectivity index (χ2n) is 1.43. The van der Waals surface area contributed by atoms with Crippen LogP contribution in [0.5, 0.6) is 0 Å². The Kier molecular flexibility index (Phi) is 5.60. The second kappa shape index (κ2) is 5.66. The Morgan fingerprint density at radius 3 is 2.30 bits per heavy atom.